The van der Waals surface area contributed by atoms with Crippen LogP contribution in [0.4, 0.5) is 5.69 Å². The predicted molar refractivity (Wildman–Crippen MR) is 73.3 cm³/mol. The zero-order valence-corrected chi connectivity index (χ0v) is 12.4. The lowest BCUT2D eigenvalue weighted by atomic mass is 10.1. The minimum Gasteiger partial charge on any atom is -0.369 e. The first kappa shape index (κ1) is 14.2. The fourth-order valence-electron chi connectivity index (χ4n) is 1.39. The Morgan fingerprint density at radius 2 is 1.76 bits per heavy atom. The van der Waals surface area contributed by atoms with Gasteiger partial charge in [-0.3, -0.25) is 4.79 Å². The first-order chi connectivity index (χ1) is 7.77. The van der Waals surface area contributed by atoms with Crippen molar-refractivity contribution in [2.75, 3.05) is 12.4 Å². The largest absolute Gasteiger partial charge is 0.369 e. The van der Waals surface area contributed by atoms with Gasteiger partial charge in [0.25, 0.3) is 5.91 Å². The SMILES string of the molecule is COC(C)(C)C(=O)Nc1cc(C)c(Br)c(C)c1. The predicted octanol–water partition coefficient (Wildman–Crippen LogP) is 3.43. The van der Waals surface area contributed by atoms with E-state index in [4.69, 9.17) is 4.74 Å². The van der Waals surface area contributed by atoms with E-state index in [0.717, 1.165) is 21.3 Å². The standard InChI is InChI=1S/C13H18BrNO2/c1-8-6-10(7-9(2)11(8)14)15-12(16)13(3,4)17-5/h6-7H,1-5H3,(H,15,16). The van der Waals surface area contributed by atoms with Gasteiger partial charge in [-0.15, -0.1) is 0 Å². The van der Waals surface area contributed by atoms with Crippen LogP contribution in [-0.4, -0.2) is 18.6 Å². The third-order valence-electron chi connectivity index (χ3n) is 2.75. The van der Waals surface area contributed by atoms with Crippen LogP contribution >= 0.6 is 15.9 Å². The van der Waals surface area contributed by atoms with Crippen molar-refractivity contribution in [3.05, 3.63) is 27.7 Å². The highest BCUT2D eigenvalue weighted by molar-refractivity contribution is 9.10. The van der Waals surface area contributed by atoms with Crippen LogP contribution in [0.1, 0.15) is 25.0 Å². The number of hydrogen-bond donors (Lipinski definition) is 1. The molecule has 1 N–H and O–H groups in total. The summed E-state index contributed by atoms with van der Waals surface area (Å²) in [6, 6.07) is 3.86. The summed E-state index contributed by atoms with van der Waals surface area (Å²) in [7, 11) is 1.53. The van der Waals surface area contributed by atoms with Crippen molar-refractivity contribution < 1.29 is 9.53 Å². The third kappa shape index (κ3) is 3.30. The van der Waals surface area contributed by atoms with E-state index in [9.17, 15) is 4.79 Å². The first-order valence-corrected chi connectivity index (χ1v) is 6.20. The number of carbonyl (C=O) groups excluding carboxylic acids is 1. The second kappa shape index (κ2) is 5.19. The summed E-state index contributed by atoms with van der Waals surface area (Å²) < 4.78 is 6.21. The summed E-state index contributed by atoms with van der Waals surface area (Å²) in [5.41, 5.74) is 2.15. The van der Waals surface area contributed by atoms with Gasteiger partial charge >= 0.3 is 0 Å². The summed E-state index contributed by atoms with van der Waals surface area (Å²) in [5.74, 6) is -0.152. The smallest absolute Gasteiger partial charge is 0.256 e. The number of halogens is 1. The zero-order chi connectivity index (χ0) is 13.2. The van der Waals surface area contributed by atoms with Crippen LogP contribution in [0.25, 0.3) is 0 Å². The number of methoxy groups -OCH3 is 1. The Labute approximate surface area is 111 Å². The normalized spacial score (nSPS) is 11.4. The maximum Gasteiger partial charge on any atom is 0.256 e. The van der Waals surface area contributed by atoms with Crippen LogP contribution < -0.4 is 5.32 Å². The van der Waals surface area contributed by atoms with Crippen LogP contribution in [0, 0.1) is 13.8 Å². The molecule has 1 amide bonds. The molecule has 0 fully saturated rings. The van der Waals surface area contributed by atoms with Gasteiger partial charge in [0, 0.05) is 17.3 Å². The lowest BCUT2D eigenvalue weighted by Crippen LogP contribution is -2.38. The average Bonchev–Trinajstić information content (AvgIpc) is 2.25. The van der Waals surface area contributed by atoms with E-state index in [2.05, 4.69) is 21.2 Å². The lowest BCUT2D eigenvalue weighted by molar-refractivity contribution is -0.133. The van der Waals surface area contributed by atoms with Crippen molar-refractivity contribution in [1.29, 1.82) is 0 Å². The van der Waals surface area contributed by atoms with E-state index >= 15 is 0 Å². The van der Waals surface area contributed by atoms with Gasteiger partial charge in [-0.05, 0) is 51.0 Å². The molecule has 4 heteroatoms. The molecule has 3 nitrogen and oxygen atoms in total. The van der Waals surface area contributed by atoms with Gasteiger partial charge in [0.05, 0.1) is 0 Å². The topological polar surface area (TPSA) is 38.3 Å². The van der Waals surface area contributed by atoms with Crippen LogP contribution in [0.15, 0.2) is 16.6 Å². The molecule has 94 valence electrons. The summed E-state index contributed by atoms with van der Waals surface area (Å²) in [6.07, 6.45) is 0. The number of rotatable bonds is 3. The molecule has 0 spiro atoms. The maximum atomic E-state index is 11.9. The lowest BCUT2D eigenvalue weighted by Gasteiger charge is -2.22. The Kier molecular flexibility index (Phi) is 4.33. The molecule has 0 aliphatic heterocycles. The van der Waals surface area contributed by atoms with Crippen LogP contribution in [0.2, 0.25) is 0 Å². The molecule has 17 heavy (non-hydrogen) atoms. The van der Waals surface area contributed by atoms with E-state index in [1.165, 1.54) is 7.11 Å². The number of carbonyl (C=O) groups is 1. The molecule has 1 rings (SSSR count). The molecule has 0 heterocycles. The van der Waals surface area contributed by atoms with E-state index in [0.29, 0.717) is 0 Å². The Balaban J connectivity index is 2.94. The van der Waals surface area contributed by atoms with Gasteiger partial charge in [0.2, 0.25) is 0 Å². The Morgan fingerprint density at radius 3 is 2.18 bits per heavy atom. The van der Waals surface area contributed by atoms with Crippen molar-refractivity contribution in [2.45, 2.75) is 33.3 Å². The number of anilines is 1. The monoisotopic (exact) mass is 299 g/mol. The highest BCUT2D eigenvalue weighted by Crippen LogP contribution is 2.25. The van der Waals surface area contributed by atoms with Crippen molar-refractivity contribution in [3.63, 3.8) is 0 Å². The second-order valence-electron chi connectivity index (χ2n) is 4.59. The van der Waals surface area contributed by atoms with Gasteiger partial charge in [0.1, 0.15) is 5.60 Å². The zero-order valence-electron chi connectivity index (χ0n) is 10.8. The molecule has 0 unspecified atom stereocenters. The Hall–Kier alpha value is -0.870. The molecule has 0 saturated carbocycles. The minimum absolute atomic E-state index is 0.152. The number of nitrogens with one attached hydrogen (secondary N) is 1. The molecule has 1 aromatic rings. The summed E-state index contributed by atoms with van der Waals surface area (Å²) in [6.45, 7) is 7.46. The molecule has 1 aromatic carbocycles. The van der Waals surface area contributed by atoms with E-state index in [-0.39, 0.29) is 5.91 Å². The average molecular weight is 300 g/mol. The minimum atomic E-state index is -0.825. The maximum absolute atomic E-state index is 11.9. The van der Waals surface area contributed by atoms with Crippen LogP contribution in [0.5, 0.6) is 0 Å². The number of hydrogen-bond acceptors (Lipinski definition) is 2. The van der Waals surface area contributed by atoms with Crippen LogP contribution in [-0.2, 0) is 9.53 Å². The first-order valence-electron chi connectivity index (χ1n) is 5.41. The molecule has 0 aliphatic rings. The van der Waals surface area contributed by atoms with Gasteiger partial charge in [0.15, 0.2) is 0 Å². The number of benzene rings is 1. The van der Waals surface area contributed by atoms with E-state index in [1.807, 2.05) is 26.0 Å². The quantitative estimate of drug-likeness (QED) is 0.928. The van der Waals surface area contributed by atoms with Gasteiger partial charge < -0.3 is 10.1 Å². The van der Waals surface area contributed by atoms with Gasteiger partial charge in [-0.2, -0.15) is 0 Å². The molecule has 0 bridgehead atoms. The molecule has 0 aromatic heterocycles. The highest BCUT2D eigenvalue weighted by Gasteiger charge is 2.27. The summed E-state index contributed by atoms with van der Waals surface area (Å²) in [4.78, 5) is 11.9. The van der Waals surface area contributed by atoms with Gasteiger partial charge in [-0.25, -0.2) is 0 Å². The fraction of sp³-hybridized carbons (Fsp3) is 0.462. The van der Waals surface area contributed by atoms with E-state index < -0.39 is 5.60 Å². The number of ether oxygens (including phenoxy) is 1. The van der Waals surface area contributed by atoms with E-state index in [1.54, 1.807) is 13.8 Å². The Morgan fingerprint density at radius 1 is 1.29 bits per heavy atom. The molecular formula is C13H18BrNO2. The summed E-state index contributed by atoms with van der Waals surface area (Å²) >= 11 is 3.50. The second-order valence-corrected chi connectivity index (χ2v) is 5.39. The summed E-state index contributed by atoms with van der Waals surface area (Å²) in [5, 5.41) is 2.86. The molecule has 0 saturated heterocycles. The van der Waals surface area contributed by atoms with Crippen molar-refractivity contribution >= 4 is 27.5 Å². The molecular weight excluding hydrogens is 282 g/mol. The third-order valence-corrected chi connectivity index (χ3v) is 4.00. The molecule has 0 aliphatic carbocycles. The van der Waals surface area contributed by atoms with Crippen LogP contribution in [0.3, 0.4) is 0 Å². The number of amides is 1. The van der Waals surface area contributed by atoms with Crippen molar-refractivity contribution in [1.82, 2.24) is 0 Å². The Bertz CT molecular complexity index is 418. The van der Waals surface area contributed by atoms with Crippen molar-refractivity contribution in [3.8, 4) is 0 Å². The fourth-order valence-corrected chi connectivity index (χ4v) is 1.62. The van der Waals surface area contributed by atoms with Crippen molar-refractivity contribution in [2.24, 2.45) is 0 Å². The highest BCUT2D eigenvalue weighted by atomic mass is 79.9. The number of aryl methyl sites for hydroxylation is 2. The van der Waals surface area contributed by atoms with Gasteiger partial charge in [-0.1, -0.05) is 15.9 Å². The molecule has 0 atom stereocenters. The molecule has 0 radical (unpaired) electrons.